The molecular weight excluding hydrogens is 170 g/mol. The van der Waals surface area contributed by atoms with Gasteiger partial charge in [-0.05, 0) is 24.8 Å². The fraction of sp³-hybridized carbons (Fsp3) is 1.00. The number of nitrogens with zero attached hydrogens (tertiary/aromatic N) is 1. The lowest BCUT2D eigenvalue weighted by atomic mass is 10.1. The van der Waals surface area contributed by atoms with Crippen LogP contribution in [0.1, 0.15) is 26.7 Å². The minimum absolute atomic E-state index is 0.655. The SMILES string of the molecule is CCC1CCN(CC(C)CCl)C1. The summed E-state index contributed by atoms with van der Waals surface area (Å²) < 4.78 is 0. The van der Waals surface area contributed by atoms with Gasteiger partial charge in [-0.25, -0.2) is 0 Å². The van der Waals surface area contributed by atoms with Crippen molar-refractivity contribution in [3.63, 3.8) is 0 Å². The summed E-state index contributed by atoms with van der Waals surface area (Å²) in [5.74, 6) is 2.41. The first-order valence-electron chi connectivity index (χ1n) is 5.04. The Labute approximate surface area is 81.1 Å². The van der Waals surface area contributed by atoms with E-state index in [0.717, 1.165) is 11.8 Å². The topological polar surface area (TPSA) is 3.24 Å². The minimum atomic E-state index is 0.655. The monoisotopic (exact) mass is 189 g/mol. The number of likely N-dealkylation sites (tertiary alicyclic amines) is 1. The third kappa shape index (κ3) is 2.95. The molecule has 2 atom stereocenters. The van der Waals surface area contributed by atoms with Gasteiger partial charge >= 0.3 is 0 Å². The number of rotatable bonds is 4. The van der Waals surface area contributed by atoms with Crippen LogP contribution in [-0.2, 0) is 0 Å². The molecule has 2 unspecified atom stereocenters. The number of halogens is 1. The van der Waals surface area contributed by atoms with Crippen LogP contribution in [0.3, 0.4) is 0 Å². The molecule has 0 aromatic carbocycles. The molecule has 1 aliphatic heterocycles. The van der Waals surface area contributed by atoms with Gasteiger partial charge in [-0.3, -0.25) is 0 Å². The van der Waals surface area contributed by atoms with Crippen LogP contribution < -0.4 is 0 Å². The molecule has 2 heteroatoms. The fourth-order valence-corrected chi connectivity index (χ4v) is 2.00. The van der Waals surface area contributed by atoms with Crippen molar-refractivity contribution in [3.8, 4) is 0 Å². The van der Waals surface area contributed by atoms with Crippen molar-refractivity contribution in [2.45, 2.75) is 26.7 Å². The van der Waals surface area contributed by atoms with Gasteiger partial charge in [-0.1, -0.05) is 20.3 Å². The predicted octanol–water partition coefficient (Wildman–Crippen LogP) is 2.59. The summed E-state index contributed by atoms with van der Waals surface area (Å²) in [5.41, 5.74) is 0. The molecule has 72 valence electrons. The van der Waals surface area contributed by atoms with E-state index >= 15 is 0 Å². The van der Waals surface area contributed by atoms with E-state index in [2.05, 4.69) is 18.7 Å². The zero-order valence-corrected chi connectivity index (χ0v) is 8.98. The third-order valence-corrected chi connectivity index (χ3v) is 3.31. The molecule has 1 fully saturated rings. The van der Waals surface area contributed by atoms with E-state index in [1.54, 1.807) is 0 Å². The van der Waals surface area contributed by atoms with Gasteiger partial charge in [0.15, 0.2) is 0 Å². The van der Waals surface area contributed by atoms with Crippen LogP contribution in [0.2, 0.25) is 0 Å². The molecule has 0 aromatic heterocycles. The molecule has 0 aliphatic carbocycles. The molecule has 1 heterocycles. The molecule has 0 spiro atoms. The van der Waals surface area contributed by atoms with Gasteiger partial charge < -0.3 is 4.90 Å². The second-order valence-corrected chi connectivity index (χ2v) is 4.39. The molecule has 1 rings (SSSR count). The Morgan fingerprint density at radius 1 is 1.58 bits per heavy atom. The molecular formula is C10H20ClN. The molecule has 0 saturated carbocycles. The molecule has 1 aliphatic rings. The zero-order valence-electron chi connectivity index (χ0n) is 8.22. The van der Waals surface area contributed by atoms with Gasteiger partial charge in [-0.2, -0.15) is 0 Å². The van der Waals surface area contributed by atoms with Crippen molar-refractivity contribution < 1.29 is 0 Å². The summed E-state index contributed by atoms with van der Waals surface area (Å²) in [6.45, 7) is 8.31. The van der Waals surface area contributed by atoms with E-state index in [1.807, 2.05) is 0 Å². The average Bonchev–Trinajstić information content (AvgIpc) is 2.52. The van der Waals surface area contributed by atoms with Gasteiger partial charge in [0.2, 0.25) is 0 Å². The van der Waals surface area contributed by atoms with Gasteiger partial charge in [0.25, 0.3) is 0 Å². The molecule has 0 aromatic rings. The first kappa shape index (κ1) is 10.3. The maximum atomic E-state index is 5.77. The number of hydrogen-bond donors (Lipinski definition) is 0. The highest BCUT2D eigenvalue weighted by molar-refractivity contribution is 6.18. The van der Waals surface area contributed by atoms with Crippen LogP contribution in [0, 0.1) is 11.8 Å². The van der Waals surface area contributed by atoms with Crippen LogP contribution in [0.25, 0.3) is 0 Å². The first-order valence-corrected chi connectivity index (χ1v) is 5.58. The van der Waals surface area contributed by atoms with E-state index in [4.69, 9.17) is 11.6 Å². The number of hydrogen-bond acceptors (Lipinski definition) is 1. The standard InChI is InChI=1S/C10H20ClN/c1-3-10-4-5-12(8-10)7-9(2)6-11/h9-10H,3-8H2,1-2H3. The summed E-state index contributed by atoms with van der Waals surface area (Å²) in [5, 5.41) is 0. The lowest BCUT2D eigenvalue weighted by molar-refractivity contribution is 0.287. The lowest BCUT2D eigenvalue weighted by Gasteiger charge is -2.18. The summed E-state index contributed by atoms with van der Waals surface area (Å²) in [6, 6.07) is 0. The fourth-order valence-electron chi connectivity index (χ4n) is 1.90. The Kier molecular flexibility index (Phi) is 4.38. The quantitative estimate of drug-likeness (QED) is 0.615. The molecule has 1 saturated heterocycles. The summed E-state index contributed by atoms with van der Waals surface area (Å²) in [6.07, 6.45) is 2.73. The summed E-state index contributed by atoms with van der Waals surface area (Å²) >= 11 is 5.77. The molecule has 0 N–H and O–H groups in total. The minimum Gasteiger partial charge on any atom is -0.303 e. The van der Waals surface area contributed by atoms with Crippen molar-refractivity contribution >= 4 is 11.6 Å². The van der Waals surface area contributed by atoms with Gasteiger partial charge in [0, 0.05) is 19.0 Å². The van der Waals surface area contributed by atoms with E-state index in [9.17, 15) is 0 Å². The van der Waals surface area contributed by atoms with Crippen molar-refractivity contribution in [3.05, 3.63) is 0 Å². The van der Waals surface area contributed by atoms with Crippen LogP contribution in [0.15, 0.2) is 0 Å². The lowest BCUT2D eigenvalue weighted by Crippen LogP contribution is -2.26. The smallest absolute Gasteiger partial charge is 0.0261 e. The van der Waals surface area contributed by atoms with E-state index in [-0.39, 0.29) is 0 Å². The van der Waals surface area contributed by atoms with Crippen LogP contribution in [-0.4, -0.2) is 30.4 Å². The van der Waals surface area contributed by atoms with Gasteiger partial charge in [0.05, 0.1) is 0 Å². The maximum absolute atomic E-state index is 5.77. The Bertz CT molecular complexity index is 127. The molecule has 1 nitrogen and oxygen atoms in total. The van der Waals surface area contributed by atoms with E-state index in [1.165, 1.54) is 32.5 Å². The van der Waals surface area contributed by atoms with Crippen LogP contribution >= 0.6 is 11.6 Å². The maximum Gasteiger partial charge on any atom is 0.0261 e. The van der Waals surface area contributed by atoms with Crippen molar-refractivity contribution in [2.24, 2.45) is 11.8 Å². The highest BCUT2D eigenvalue weighted by Crippen LogP contribution is 2.19. The van der Waals surface area contributed by atoms with Crippen molar-refractivity contribution in [1.82, 2.24) is 4.90 Å². The van der Waals surface area contributed by atoms with Crippen LogP contribution in [0.5, 0.6) is 0 Å². The first-order chi connectivity index (χ1) is 5.76. The molecule has 0 bridgehead atoms. The van der Waals surface area contributed by atoms with Crippen LogP contribution in [0.4, 0.5) is 0 Å². The normalized spacial score (nSPS) is 27.8. The molecule has 0 radical (unpaired) electrons. The third-order valence-electron chi connectivity index (χ3n) is 2.78. The molecule has 12 heavy (non-hydrogen) atoms. The zero-order chi connectivity index (χ0) is 8.97. The Hall–Kier alpha value is 0.250. The largest absolute Gasteiger partial charge is 0.303 e. The van der Waals surface area contributed by atoms with E-state index in [0.29, 0.717) is 5.92 Å². The van der Waals surface area contributed by atoms with E-state index < -0.39 is 0 Å². The predicted molar refractivity (Wildman–Crippen MR) is 54.7 cm³/mol. The molecule has 0 amide bonds. The average molecular weight is 190 g/mol. The Morgan fingerprint density at radius 2 is 2.33 bits per heavy atom. The second-order valence-electron chi connectivity index (χ2n) is 4.08. The summed E-state index contributed by atoms with van der Waals surface area (Å²) in [7, 11) is 0. The number of alkyl halides is 1. The van der Waals surface area contributed by atoms with Gasteiger partial charge in [-0.15, -0.1) is 11.6 Å². The Morgan fingerprint density at radius 3 is 2.83 bits per heavy atom. The highest BCUT2D eigenvalue weighted by Gasteiger charge is 2.21. The van der Waals surface area contributed by atoms with Crippen molar-refractivity contribution in [1.29, 1.82) is 0 Å². The van der Waals surface area contributed by atoms with Gasteiger partial charge in [0.1, 0.15) is 0 Å². The van der Waals surface area contributed by atoms with Crippen molar-refractivity contribution in [2.75, 3.05) is 25.5 Å². The second kappa shape index (κ2) is 5.08. The summed E-state index contributed by atoms with van der Waals surface area (Å²) in [4.78, 5) is 2.56. The highest BCUT2D eigenvalue weighted by atomic mass is 35.5. The Balaban J connectivity index is 2.18.